The summed E-state index contributed by atoms with van der Waals surface area (Å²) in [5.74, 6) is 1.25. The van der Waals surface area contributed by atoms with Gasteiger partial charge in [-0.3, -0.25) is 9.97 Å². The number of hydrogen-bond acceptors (Lipinski definition) is 8. The third kappa shape index (κ3) is 5.30. The van der Waals surface area contributed by atoms with Gasteiger partial charge in [0.1, 0.15) is 49.0 Å². The van der Waals surface area contributed by atoms with Crippen molar-refractivity contribution in [3.05, 3.63) is 93.6 Å². The van der Waals surface area contributed by atoms with Gasteiger partial charge in [-0.05, 0) is 63.1 Å². The second-order valence-electron chi connectivity index (χ2n) is 9.01. The van der Waals surface area contributed by atoms with Crippen molar-refractivity contribution in [1.29, 1.82) is 21.0 Å². The lowest BCUT2D eigenvalue weighted by atomic mass is 9.94. The summed E-state index contributed by atoms with van der Waals surface area (Å²) < 4.78 is 11.6. The highest BCUT2D eigenvalue weighted by atomic mass is 16.5. The molecule has 2 aromatic carbocycles. The summed E-state index contributed by atoms with van der Waals surface area (Å²) in [4.78, 5) is 8.65. The predicted octanol–water partition coefficient (Wildman–Crippen LogP) is 5.99. The molecule has 2 heterocycles. The Balaban J connectivity index is 1.42. The summed E-state index contributed by atoms with van der Waals surface area (Å²) in [5, 5.41) is 38.6. The molecule has 8 heteroatoms. The summed E-state index contributed by atoms with van der Waals surface area (Å²) in [5.41, 5.74) is 6.52. The first-order chi connectivity index (χ1) is 19.3. The molecule has 4 aromatic rings. The Kier molecular flexibility index (Phi) is 8.05. The van der Waals surface area contributed by atoms with E-state index in [0.29, 0.717) is 80.9 Å². The van der Waals surface area contributed by atoms with Crippen molar-refractivity contribution in [2.75, 3.05) is 13.2 Å². The zero-order valence-corrected chi connectivity index (χ0v) is 22.5. The van der Waals surface area contributed by atoms with Gasteiger partial charge in [-0.1, -0.05) is 24.3 Å². The van der Waals surface area contributed by atoms with E-state index in [0.717, 1.165) is 11.1 Å². The molecule has 40 heavy (non-hydrogen) atoms. The van der Waals surface area contributed by atoms with Crippen molar-refractivity contribution >= 4 is 0 Å². The third-order valence-corrected chi connectivity index (χ3v) is 6.47. The summed E-state index contributed by atoms with van der Waals surface area (Å²) in [7, 11) is 0. The lowest BCUT2D eigenvalue weighted by Crippen LogP contribution is -2.09. The van der Waals surface area contributed by atoms with Crippen molar-refractivity contribution in [1.82, 2.24) is 9.97 Å². The van der Waals surface area contributed by atoms with Gasteiger partial charge in [0.25, 0.3) is 0 Å². The average Bonchev–Trinajstić information content (AvgIpc) is 2.95. The quantitative estimate of drug-likeness (QED) is 0.269. The molecule has 0 amide bonds. The van der Waals surface area contributed by atoms with E-state index in [4.69, 9.17) is 9.47 Å². The van der Waals surface area contributed by atoms with Gasteiger partial charge >= 0.3 is 0 Å². The van der Waals surface area contributed by atoms with Gasteiger partial charge in [-0.15, -0.1) is 0 Å². The highest BCUT2D eigenvalue weighted by Crippen LogP contribution is 2.33. The summed E-state index contributed by atoms with van der Waals surface area (Å²) in [6, 6.07) is 23.1. The molecule has 8 nitrogen and oxygen atoms in total. The molecular formula is C32H24N6O2. The Hall–Kier alpha value is -5.70. The molecule has 4 rings (SSSR count). The van der Waals surface area contributed by atoms with Gasteiger partial charge in [0.2, 0.25) is 0 Å². The van der Waals surface area contributed by atoms with Crippen LogP contribution in [0.5, 0.6) is 11.5 Å². The first-order valence-corrected chi connectivity index (χ1v) is 12.4. The Labute approximate surface area is 232 Å². The first kappa shape index (κ1) is 27.3. The maximum Gasteiger partial charge on any atom is 0.122 e. The smallest absolute Gasteiger partial charge is 0.122 e. The third-order valence-electron chi connectivity index (χ3n) is 6.47. The van der Waals surface area contributed by atoms with E-state index in [1.54, 1.807) is 52.0 Å². The monoisotopic (exact) mass is 524 g/mol. The largest absolute Gasteiger partial charge is 0.490 e. The predicted molar refractivity (Wildman–Crippen MR) is 148 cm³/mol. The molecule has 0 saturated carbocycles. The molecule has 0 radical (unpaired) electrons. The number of benzene rings is 2. The number of nitriles is 4. The van der Waals surface area contributed by atoms with E-state index in [1.165, 1.54) is 0 Å². The molecular weight excluding hydrogens is 500 g/mol. The van der Waals surface area contributed by atoms with Crippen LogP contribution in [0.1, 0.15) is 45.0 Å². The van der Waals surface area contributed by atoms with E-state index in [9.17, 15) is 21.0 Å². The van der Waals surface area contributed by atoms with Crippen LogP contribution in [0.25, 0.3) is 22.3 Å². The van der Waals surface area contributed by atoms with Crippen molar-refractivity contribution in [3.63, 3.8) is 0 Å². The maximum absolute atomic E-state index is 9.64. The Bertz CT molecular complexity index is 1560. The minimum absolute atomic E-state index is 0.293. The first-order valence-electron chi connectivity index (χ1n) is 12.4. The van der Waals surface area contributed by atoms with E-state index < -0.39 is 0 Å². The second kappa shape index (κ2) is 11.8. The molecule has 0 fully saturated rings. The Morgan fingerprint density at radius 2 is 0.775 bits per heavy atom. The molecule has 0 saturated heterocycles. The van der Waals surface area contributed by atoms with Crippen LogP contribution >= 0.6 is 0 Å². The van der Waals surface area contributed by atoms with E-state index in [1.807, 2.05) is 24.3 Å². The molecule has 2 aromatic heterocycles. The molecule has 194 valence electrons. The van der Waals surface area contributed by atoms with Crippen molar-refractivity contribution in [3.8, 4) is 58.0 Å². The summed E-state index contributed by atoms with van der Waals surface area (Å²) in [6.07, 6.45) is 0. The van der Waals surface area contributed by atoms with E-state index in [2.05, 4.69) is 34.2 Å². The van der Waals surface area contributed by atoms with Crippen molar-refractivity contribution < 1.29 is 9.47 Å². The number of rotatable bonds is 7. The number of aromatic nitrogens is 2. The van der Waals surface area contributed by atoms with Crippen molar-refractivity contribution in [2.24, 2.45) is 0 Å². The van der Waals surface area contributed by atoms with Crippen LogP contribution in [0.2, 0.25) is 0 Å². The minimum atomic E-state index is 0.293. The zero-order chi connectivity index (χ0) is 28.8. The van der Waals surface area contributed by atoms with Gasteiger partial charge in [-0.2, -0.15) is 21.0 Å². The van der Waals surface area contributed by atoms with Gasteiger partial charge in [-0.25, -0.2) is 0 Å². The molecule has 0 bridgehead atoms. The van der Waals surface area contributed by atoms with Crippen LogP contribution in [0, 0.1) is 73.0 Å². The van der Waals surface area contributed by atoms with Crippen LogP contribution in [0.4, 0.5) is 0 Å². The fourth-order valence-electron chi connectivity index (χ4n) is 4.58. The van der Waals surface area contributed by atoms with Gasteiger partial charge in [0.15, 0.2) is 0 Å². The van der Waals surface area contributed by atoms with Gasteiger partial charge in [0.05, 0.1) is 45.0 Å². The fraction of sp³-hybridized carbons (Fsp3) is 0.188. The second-order valence-corrected chi connectivity index (χ2v) is 9.01. The van der Waals surface area contributed by atoms with E-state index >= 15 is 0 Å². The average molecular weight is 525 g/mol. The fourth-order valence-corrected chi connectivity index (χ4v) is 4.58. The normalized spacial score (nSPS) is 10.1. The van der Waals surface area contributed by atoms with Crippen molar-refractivity contribution in [2.45, 2.75) is 27.7 Å². The molecule has 0 aliphatic heterocycles. The van der Waals surface area contributed by atoms with Gasteiger partial charge < -0.3 is 9.47 Å². The highest BCUT2D eigenvalue weighted by Gasteiger charge is 2.18. The molecule has 0 aliphatic carbocycles. The number of nitrogens with zero attached hydrogens (tertiary/aromatic N) is 6. The molecule has 0 atom stereocenters. The van der Waals surface area contributed by atoms with Crippen LogP contribution in [0.15, 0.2) is 48.5 Å². The molecule has 0 spiro atoms. The van der Waals surface area contributed by atoms with Crippen LogP contribution in [-0.2, 0) is 0 Å². The van der Waals surface area contributed by atoms with Crippen LogP contribution in [-0.4, -0.2) is 23.2 Å². The summed E-state index contributed by atoms with van der Waals surface area (Å²) in [6.45, 7) is 7.62. The molecule has 0 N–H and O–H groups in total. The maximum atomic E-state index is 9.64. The van der Waals surface area contributed by atoms with E-state index in [-0.39, 0.29) is 0 Å². The molecule has 0 unspecified atom stereocenters. The lowest BCUT2D eigenvalue weighted by molar-refractivity contribution is 0.217. The highest BCUT2D eigenvalue weighted by molar-refractivity contribution is 5.79. The number of pyridine rings is 2. The number of hydrogen-bond donors (Lipinski definition) is 0. The Morgan fingerprint density at radius 1 is 0.500 bits per heavy atom. The minimum Gasteiger partial charge on any atom is -0.490 e. The topological polar surface area (TPSA) is 139 Å². The summed E-state index contributed by atoms with van der Waals surface area (Å²) >= 11 is 0. The number of ether oxygens (including phenoxy) is 2. The van der Waals surface area contributed by atoms with Crippen LogP contribution in [0.3, 0.4) is 0 Å². The lowest BCUT2D eigenvalue weighted by Gasteiger charge is -2.13. The Morgan fingerprint density at radius 3 is 1.02 bits per heavy atom. The SMILES string of the molecule is Cc1nc(C)c(C#N)c(-c2ccc(OCCOc3ccc(-c4c(C#N)c(C)nc(C)c4C#N)cc3)cc2)c1C#N. The number of aryl methyl sites for hydroxylation is 4. The standard InChI is InChI=1S/C32H24N6O2/c1-19-27(15-33)31(28(16-34)20(2)37-19)23-5-9-25(10-6-23)39-13-14-40-26-11-7-24(8-12-26)32-29(17-35)21(3)38-22(4)30(32)18-36/h5-12H,13-14H2,1-4H3. The van der Waals surface area contributed by atoms with Gasteiger partial charge in [0, 0.05) is 11.1 Å². The zero-order valence-electron chi connectivity index (χ0n) is 22.5. The molecule has 0 aliphatic rings. The van der Waals surface area contributed by atoms with Crippen LogP contribution < -0.4 is 9.47 Å².